The van der Waals surface area contributed by atoms with E-state index in [1.807, 2.05) is 6.07 Å². The average Bonchev–Trinajstić information content (AvgIpc) is 3.12. The Hall–Kier alpha value is -4.90. The molecule has 1 aliphatic heterocycles. The SMILES string of the molecule is CC[C@@H]1NC(=O)[C@H](CCCNC(N)=NC)NC(=O)[C@](C)(NC(=O)C(C)C)CCCCCCCCNC(=O)[C@@H](c2ccccc2)NC1=O.O=C(O)C(F)(F)F. The number of rotatable bonds is 8. The van der Waals surface area contributed by atoms with Crippen molar-refractivity contribution in [2.75, 3.05) is 20.1 Å². The monoisotopic (exact) mass is 770 g/mol. The third-order valence-electron chi connectivity index (χ3n) is 8.63. The number of nitrogens with two attached hydrogens (primary N) is 1. The van der Waals surface area contributed by atoms with Crippen LogP contribution in [-0.2, 0) is 28.8 Å². The highest BCUT2D eigenvalue weighted by Crippen LogP contribution is 2.20. The summed E-state index contributed by atoms with van der Waals surface area (Å²) in [5.41, 5.74) is 5.12. The van der Waals surface area contributed by atoms with Gasteiger partial charge < -0.3 is 42.7 Å². The maximum Gasteiger partial charge on any atom is 0.490 e. The lowest BCUT2D eigenvalue weighted by Gasteiger charge is -2.33. The molecule has 18 heteroatoms. The van der Waals surface area contributed by atoms with E-state index in [1.165, 1.54) is 0 Å². The Balaban J connectivity index is 0.00000189. The number of hydrogen-bond acceptors (Lipinski definition) is 7. The zero-order valence-electron chi connectivity index (χ0n) is 31.7. The molecule has 1 saturated heterocycles. The van der Waals surface area contributed by atoms with Crippen molar-refractivity contribution in [3.8, 4) is 0 Å². The summed E-state index contributed by atoms with van der Waals surface area (Å²) in [6, 6.07) is 6.03. The smallest absolute Gasteiger partial charge is 0.475 e. The van der Waals surface area contributed by atoms with Crippen LogP contribution in [0.1, 0.15) is 104 Å². The summed E-state index contributed by atoms with van der Waals surface area (Å²) in [5, 5.41) is 24.4. The molecule has 1 aromatic carbocycles. The van der Waals surface area contributed by atoms with Crippen LogP contribution in [0.2, 0.25) is 0 Å². The number of carboxylic acid groups (broad SMARTS) is 1. The molecular weight excluding hydrogens is 713 g/mol. The van der Waals surface area contributed by atoms with Crippen LogP contribution < -0.4 is 37.6 Å². The first-order valence-corrected chi connectivity index (χ1v) is 18.2. The molecule has 0 saturated carbocycles. The molecular formula is C36H57F3N8O7. The van der Waals surface area contributed by atoms with Gasteiger partial charge in [-0.15, -0.1) is 0 Å². The molecule has 0 unspecified atom stereocenters. The second-order valence-corrected chi connectivity index (χ2v) is 13.5. The van der Waals surface area contributed by atoms with Gasteiger partial charge in [0.2, 0.25) is 29.5 Å². The summed E-state index contributed by atoms with van der Waals surface area (Å²) in [5.74, 6) is -4.96. The third-order valence-corrected chi connectivity index (χ3v) is 8.63. The number of carboxylic acids is 1. The minimum Gasteiger partial charge on any atom is -0.475 e. The molecule has 0 radical (unpaired) electrons. The van der Waals surface area contributed by atoms with E-state index in [2.05, 4.69) is 36.9 Å². The first-order valence-electron chi connectivity index (χ1n) is 18.2. The molecule has 0 spiro atoms. The van der Waals surface area contributed by atoms with Gasteiger partial charge >= 0.3 is 12.1 Å². The summed E-state index contributed by atoms with van der Waals surface area (Å²) in [7, 11) is 1.55. The van der Waals surface area contributed by atoms with E-state index in [1.54, 1.807) is 59.0 Å². The van der Waals surface area contributed by atoms with Crippen molar-refractivity contribution in [1.29, 1.82) is 0 Å². The first kappa shape index (κ1) is 47.1. The number of carbonyl (C=O) groups is 6. The van der Waals surface area contributed by atoms with Crippen molar-refractivity contribution in [2.45, 2.75) is 122 Å². The summed E-state index contributed by atoms with van der Waals surface area (Å²) in [6.45, 7) is 7.84. The molecule has 304 valence electrons. The lowest BCUT2D eigenvalue weighted by molar-refractivity contribution is -0.192. The van der Waals surface area contributed by atoms with Crippen LogP contribution in [0.4, 0.5) is 13.2 Å². The van der Waals surface area contributed by atoms with Crippen LogP contribution in [-0.4, -0.2) is 90.5 Å². The number of carbonyl (C=O) groups excluding carboxylic acids is 5. The number of nitrogens with one attached hydrogen (secondary N) is 6. The fraction of sp³-hybridized carbons (Fsp3) is 0.639. The molecule has 1 fully saturated rings. The molecule has 0 bridgehead atoms. The van der Waals surface area contributed by atoms with E-state index in [9.17, 15) is 37.1 Å². The minimum atomic E-state index is -5.08. The van der Waals surface area contributed by atoms with Gasteiger partial charge in [-0.05, 0) is 44.6 Å². The van der Waals surface area contributed by atoms with Crippen LogP contribution in [0, 0.1) is 5.92 Å². The van der Waals surface area contributed by atoms with Gasteiger partial charge in [0.05, 0.1) is 0 Å². The van der Waals surface area contributed by atoms with Gasteiger partial charge in [-0.1, -0.05) is 83.2 Å². The van der Waals surface area contributed by atoms with Gasteiger partial charge in [0.15, 0.2) is 5.96 Å². The molecule has 1 heterocycles. The van der Waals surface area contributed by atoms with Gasteiger partial charge in [-0.3, -0.25) is 29.0 Å². The zero-order valence-corrected chi connectivity index (χ0v) is 31.7. The van der Waals surface area contributed by atoms with Crippen LogP contribution in [0.25, 0.3) is 0 Å². The van der Waals surface area contributed by atoms with Gasteiger partial charge in [-0.2, -0.15) is 13.2 Å². The summed E-state index contributed by atoms with van der Waals surface area (Å²) in [4.78, 5) is 80.0. The number of amides is 5. The Labute approximate surface area is 314 Å². The van der Waals surface area contributed by atoms with Crippen LogP contribution >= 0.6 is 0 Å². The number of hydrogen-bond donors (Lipinski definition) is 8. The van der Waals surface area contributed by atoms with Crippen molar-refractivity contribution in [3.05, 3.63) is 35.9 Å². The maximum absolute atomic E-state index is 13.9. The highest BCUT2D eigenvalue weighted by Gasteiger charge is 2.39. The summed E-state index contributed by atoms with van der Waals surface area (Å²) in [6.07, 6.45) is 1.39. The predicted molar refractivity (Wildman–Crippen MR) is 197 cm³/mol. The lowest BCUT2D eigenvalue weighted by Crippen LogP contribution is -2.62. The fourth-order valence-electron chi connectivity index (χ4n) is 5.28. The number of halogens is 3. The summed E-state index contributed by atoms with van der Waals surface area (Å²) >= 11 is 0. The van der Waals surface area contributed by atoms with E-state index in [0.717, 1.165) is 32.1 Å². The molecule has 0 aromatic heterocycles. The Kier molecular flexibility index (Phi) is 20.7. The zero-order chi connectivity index (χ0) is 40.9. The number of benzene rings is 1. The molecule has 4 atom stereocenters. The van der Waals surface area contributed by atoms with E-state index in [-0.39, 0.29) is 36.5 Å². The Morgan fingerprint density at radius 2 is 1.52 bits per heavy atom. The second kappa shape index (κ2) is 23.7. The molecule has 0 aliphatic carbocycles. The number of aliphatic carboxylic acids is 1. The largest absolute Gasteiger partial charge is 0.490 e. The van der Waals surface area contributed by atoms with Crippen molar-refractivity contribution < 1.29 is 47.0 Å². The standard InChI is InChI=1S/C34H56N8O5.C2HF3O2/c1-6-25-29(44)41-27(24-17-12-11-13-18-24)31(46)37-21-15-10-8-7-9-14-20-34(4,42-28(43)23(2)3)32(47)40-26(30(45)39-25)19-16-22-38-33(35)36-5;3-2(4,5)1(6)7/h11-13,17-18,23,25-27H,6-10,14-16,19-22H2,1-5H3,(H,37,46)(H,39,45)(H,40,47)(H,41,44)(H,42,43)(H3,35,36,38);(H,6,7)/t25-,26-,27+,34+;/m0./s1. The van der Waals surface area contributed by atoms with Gasteiger partial charge in [0.1, 0.15) is 23.7 Å². The highest BCUT2D eigenvalue weighted by atomic mass is 19.4. The minimum absolute atomic E-state index is 0.225. The molecule has 9 N–H and O–H groups in total. The Bertz CT molecular complexity index is 1410. The normalized spacial score (nSPS) is 23.0. The van der Waals surface area contributed by atoms with Crippen molar-refractivity contribution in [2.24, 2.45) is 16.6 Å². The predicted octanol–water partition coefficient (Wildman–Crippen LogP) is 2.56. The quantitative estimate of drug-likeness (QED) is 0.110. The molecule has 5 amide bonds. The molecule has 15 nitrogen and oxygen atoms in total. The van der Waals surface area contributed by atoms with E-state index in [4.69, 9.17) is 15.6 Å². The van der Waals surface area contributed by atoms with Crippen molar-refractivity contribution in [3.63, 3.8) is 0 Å². The average molecular weight is 771 g/mol. The van der Waals surface area contributed by atoms with Crippen LogP contribution in [0.15, 0.2) is 35.3 Å². The number of alkyl halides is 3. The highest BCUT2D eigenvalue weighted by molar-refractivity contribution is 5.97. The lowest BCUT2D eigenvalue weighted by atomic mass is 9.91. The first-order chi connectivity index (χ1) is 25.4. The van der Waals surface area contributed by atoms with Gasteiger partial charge in [0.25, 0.3) is 0 Å². The van der Waals surface area contributed by atoms with Crippen LogP contribution in [0.3, 0.4) is 0 Å². The number of guanidine groups is 1. The van der Waals surface area contributed by atoms with Crippen LogP contribution in [0.5, 0.6) is 0 Å². The van der Waals surface area contributed by atoms with Gasteiger partial charge in [0, 0.05) is 26.1 Å². The van der Waals surface area contributed by atoms with E-state index >= 15 is 0 Å². The second-order valence-electron chi connectivity index (χ2n) is 13.5. The molecule has 54 heavy (non-hydrogen) atoms. The molecule has 1 aliphatic rings. The topological polar surface area (TPSA) is 233 Å². The molecule has 2 rings (SSSR count). The fourth-order valence-corrected chi connectivity index (χ4v) is 5.28. The van der Waals surface area contributed by atoms with Gasteiger partial charge in [-0.25, -0.2) is 4.79 Å². The maximum atomic E-state index is 13.9. The Morgan fingerprint density at radius 3 is 2.07 bits per heavy atom. The van der Waals surface area contributed by atoms with E-state index in [0.29, 0.717) is 37.9 Å². The number of nitrogens with zero attached hydrogens (tertiary/aromatic N) is 1. The summed E-state index contributed by atoms with van der Waals surface area (Å²) < 4.78 is 31.7. The number of aliphatic imine (C=N–C) groups is 1. The molecule has 1 aromatic rings. The third kappa shape index (κ3) is 17.3. The van der Waals surface area contributed by atoms with Crippen molar-refractivity contribution in [1.82, 2.24) is 31.9 Å². The Morgan fingerprint density at radius 1 is 0.944 bits per heavy atom. The van der Waals surface area contributed by atoms with E-state index < -0.39 is 53.5 Å². The van der Waals surface area contributed by atoms with Crippen molar-refractivity contribution >= 4 is 41.5 Å².